The number of hydrogen-bond acceptors (Lipinski definition) is 3. The molecule has 0 radical (unpaired) electrons. The third-order valence-electron chi connectivity index (χ3n) is 3.50. The summed E-state index contributed by atoms with van der Waals surface area (Å²) in [6.45, 7) is 7.57. The fraction of sp³-hybridized carbons (Fsp3) is 0.929. The lowest BCUT2D eigenvalue weighted by Gasteiger charge is -2.26. The molecule has 1 rings (SSSR count). The van der Waals surface area contributed by atoms with Gasteiger partial charge in [-0.2, -0.15) is 0 Å². The maximum atomic E-state index is 11.1. The first-order valence-corrected chi connectivity index (χ1v) is 7.31. The monoisotopic (exact) mass is 256 g/mol. The normalized spacial score (nSPS) is 19.1. The molecule has 1 aliphatic rings. The summed E-state index contributed by atoms with van der Waals surface area (Å²) in [4.78, 5) is 13.6. The SMILES string of the molecule is CC(C)N[C@H](CCCCN1CCCCC1)C(=O)O. The quantitative estimate of drug-likeness (QED) is 0.653. The predicted molar refractivity (Wildman–Crippen MR) is 73.8 cm³/mol. The van der Waals surface area contributed by atoms with Crippen molar-refractivity contribution >= 4 is 5.97 Å². The van der Waals surface area contributed by atoms with Crippen LogP contribution < -0.4 is 5.32 Å². The highest BCUT2D eigenvalue weighted by Crippen LogP contribution is 2.10. The van der Waals surface area contributed by atoms with Gasteiger partial charge in [0.2, 0.25) is 0 Å². The van der Waals surface area contributed by atoms with Crippen LogP contribution in [0.5, 0.6) is 0 Å². The van der Waals surface area contributed by atoms with E-state index in [1.165, 1.54) is 32.4 Å². The smallest absolute Gasteiger partial charge is 0.320 e. The Morgan fingerprint density at radius 3 is 2.44 bits per heavy atom. The average molecular weight is 256 g/mol. The Bertz CT molecular complexity index is 238. The van der Waals surface area contributed by atoms with Gasteiger partial charge >= 0.3 is 5.97 Å². The second-order valence-corrected chi connectivity index (χ2v) is 5.61. The fourth-order valence-electron chi connectivity index (χ4n) is 2.55. The second-order valence-electron chi connectivity index (χ2n) is 5.61. The first kappa shape index (κ1) is 15.4. The molecule has 0 spiro atoms. The van der Waals surface area contributed by atoms with Crippen LogP contribution in [-0.2, 0) is 4.79 Å². The van der Waals surface area contributed by atoms with E-state index >= 15 is 0 Å². The second kappa shape index (κ2) is 8.48. The van der Waals surface area contributed by atoms with Gasteiger partial charge in [-0.25, -0.2) is 0 Å². The molecule has 1 atom stereocenters. The number of aliphatic carboxylic acids is 1. The zero-order chi connectivity index (χ0) is 13.4. The number of rotatable bonds is 8. The van der Waals surface area contributed by atoms with Gasteiger partial charge in [-0.15, -0.1) is 0 Å². The van der Waals surface area contributed by atoms with Crippen LogP contribution in [-0.4, -0.2) is 47.7 Å². The highest BCUT2D eigenvalue weighted by Gasteiger charge is 2.17. The van der Waals surface area contributed by atoms with E-state index < -0.39 is 5.97 Å². The zero-order valence-corrected chi connectivity index (χ0v) is 11.8. The Labute approximate surface area is 111 Å². The molecular formula is C14H28N2O2. The van der Waals surface area contributed by atoms with Crippen molar-refractivity contribution in [1.29, 1.82) is 0 Å². The van der Waals surface area contributed by atoms with E-state index in [9.17, 15) is 4.79 Å². The summed E-state index contributed by atoms with van der Waals surface area (Å²) in [6.07, 6.45) is 6.87. The van der Waals surface area contributed by atoms with Crippen molar-refractivity contribution in [1.82, 2.24) is 10.2 Å². The number of carboxylic acid groups (broad SMARTS) is 1. The third kappa shape index (κ3) is 6.36. The molecule has 0 bridgehead atoms. The molecule has 0 saturated carbocycles. The van der Waals surface area contributed by atoms with Gasteiger partial charge in [0.05, 0.1) is 0 Å². The Morgan fingerprint density at radius 1 is 1.22 bits per heavy atom. The summed E-state index contributed by atoms with van der Waals surface area (Å²) in [5.41, 5.74) is 0. The van der Waals surface area contributed by atoms with E-state index in [0.29, 0.717) is 0 Å². The third-order valence-corrected chi connectivity index (χ3v) is 3.50. The molecule has 2 N–H and O–H groups in total. The van der Waals surface area contributed by atoms with Crippen LogP contribution in [0, 0.1) is 0 Å². The lowest BCUT2D eigenvalue weighted by Crippen LogP contribution is -2.40. The van der Waals surface area contributed by atoms with Crippen molar-refractivity contribution in [2.75, 3.05) is 19.6 Å². The number of carbonyl (C=O) groups is 1. The van der Waals surface area contributed by atoms with Crippen molar-refractivity contribution in [2.24, 2.45) is 0 Å². The molecule has 1 fully saturated rings. The van der Waals surface area contributed by atoms with Crippen molar-refractivity contribution in [3.05, 3.63) is 0 Å². The average Bonchev–Trinajstić information content (AvgIpc) is 2.33. The minimum atomic E-state index is -0.721. The lowest BCUT2D eigenvalue weighted by atomic mass is 10.1. The van der Waals surface area contributed by atoms with Crippen LogP contribution in [0.15, 0.2) is 0 Å². The van der Waals surface area contributed by atoms with Gasteiger partial charge in [0, 0.05) is 6.04 Å². The molecule has 4 heteroatoms. The summed E-state index contributed by atoms with van der Waals surface area (Å²) in [7, 11) is 0. The lowest BCUT2D eigenvalue weighted by molar-refractivity contribution is -0.139. The van der Waals surface area contributed by atoms with Crippen molar-refractivity contribution < 1.29 is 9.90 Å². The van der Waals surface area contributed by atoms with E-state index in [2.05, 4.69) is 10.2 Å². The molecule has 0 aromatic carbocycles. The van der Waals surface area contributed by atoms with E-state index in [1.807, 2.05) is 13.8 Å². The summed E-state index contributed by atoms with van der Waals surface area (Å²) < 4.78 is 0. The van der Waals surface area contributed by atoms with Crippen molar-refractivity contribution in [2.45, 2.75) is 64.5 Å². The predicted octanol–water partition coefficient (Wildman–Crippen LogP) is 2.09. The molecule has 106 valence electrons. The van der Waals surface area contributed by atoms with Crippen LogP contribution in [0.25, 0.3) is 0 Å². The summed E-state index contributed by atoms with van der Waals surface area (Å²) >= 11 is 0. The number of nitrogens with zero attached hydrogens (tertiary/aromatic N) is 1. The number of piperidine rings is 1. The molecular weight excluding hydrogens is 228 g/mol. The topological polar surface area (TPSA) is 52.6 Å². The van der Waals surface area contributed by atoms with E-state index in [1.54, 1.807) is 0 Å². The molecule has 0 aliphatic carbocycles. The zero-order valence-electron chi connectivity index (χ0n) is 11.8. The number of unbranched alkanes of at least 4 members (excludes halogenated alkanes) is 1. The molecule has 1 heterocycles. The molecule has 1 saturated heterocycles. The summed E-state index contributed by atoms with van der Waals surface area (Å²) in [5, 5.41) is 12.2. The highest BCUT2D eigenvalue weighted by atomic mass is 16.4. The number of carboxylic acids is 1. The van der Waals surface area contributed by atoms with Crippen LogP contribution >= 0.6 is 0 Å². The van der Waals surface area contributed by atoms with Gasteiger partial charge in [0.15, 0.2) is 0 Å². The van der Waals surface area contributed by atoms with Gasteiger partial charge in [-0.1, -0.05) is 26.7 Å². The molecule has 18 heavy (non-hydrogen) atoms. The minimum absolute atomic E-state index is 0.230. The van der Waals surface area contributed by atoms with Crippen molar-refractivity contribution in [3.8, 4) is 0 Å². The Kier molecular flexibility index (Phi) is 7.28. The Hall–Kier alpha value is -0.610. The Morgan fingerprint density at radius 2 is 1.89 bits per heavy atom. The van der Waals surface area contributed by atoms with Crippen LogP contribution in [0.2, 0.25) is 0 Å². The standard InChI is InChI=1S/C14H28N2O2/c1-12(2)15-13(14(17)18)8-4-7-11-16-9-5-3-6-10-16/h12-13,15H,3-11H2,1-2H3,(H,17,18)/t13-/m1/s1. The van der Waals surface area contributed by atoms with Crippen molar-refractivity contribution in [3.63, 3.8) is 0 Å². The van der Waals surface area contributed by atoms with Gasteiger partial charge < -0.3 is 15.3 Å². The van der Waals surface area contributed by atoms with Crippen LogP contribution in [0.1, 0.15) is 52.4 Å². The fourth-order valence-corrected chi connectivity index (χ4v) is 2.55. The van der Waals surface area contributed by atoms with Crippen LogP contribution in [0.3, 0.4) is 0 Å². The maximum Gasteiger partial charge on any atom is 0.320 e. The molecule has 0 unspecified atom stereocenters. The first-order chi connectivity index (χ1) is 8.59. The van der Waals surface area contributed by atoms with Gasteiger partial charge in [-0.05, 0) is 45.3 Å². The highest BCUT2D eigenvalue weighted by molar-refractivity contribution is 5.73. The molecule has 0 aromatic rings. The number of nitrogens with one attached hydrogen (secondary N) is 1. The minimum Gasteiger partial charge on any atom is -0.480 e. The van der Waals surface area contributed by atoms with Gasteiger partial charge in [-0.3, -0.25) is 4.79 Å². The van der Waals surface area contributed by atoms with Gasteiger partial charge in [0.25, 0.3) is 0 Å². The van der Waals surface area contributed by atoms with E-state index in [4.69, 9.17) is 5.11 Å². The molecule has 4 nitrogen and oxygen atoms in total. The first-order valence-electron chi connectivity index (χ1n) is 7.31. The molecule has 0 aromatic heterocycles. The van der Waals surface area contributed by atoms with E-state index in [0.717, 1.165) is 25.8 Å². The van der Waals surface area contributed by atoms with Gasteiger partial charge in [0.1, 0.15) is 6.04 Å². The van der Waals surface area contributed by atoms with E-state index in [-0.39, 0.29) is 12.1 Å². The Balaban J connectivity index is 2.12. The largest absolute Gasteiger partial charge is 0.480 e. The van der Waals surface area contributed by atoms with Crippen LogP contribution in [0.4, 0.5) is 0 Å². The number of likely N-dealkylation sites (tertiary alicyclic amines) is 1. The maximum absolute atomic E-state index is 11.1. The molecule has 1 aliphatic heterocycles. The number of hydrogen-bond donors (Lipinski definition) is 2. The molecule has 0 amide bonds. The summed E-state index contributed by atoms with van der Waals surface area (Å²) in [5.74, 6) is -0.721. The summed E-state index contributed by atoms with van der Waals surface area (Å²) in [6, 6.07) is -0.153.